The lowest BCUT2D eigenvalue weighted by Gasteiger charge is -2.29. The van der Waals surface area contributed by atoms with Gasteiger partial charge in [0, 0.05) is 24.3 Å². The van der Waals surface area contributed by atoms with Crippen LogP contribution in [0.2, 0.25) is 0 Å². The van der Waals surface area contributed by atoms with E-state index in [2.05, 4.69) is 5.10 Å². The summed E-state index contributed by atoms with van der Waals surface area (Å²) in [6.45, 7) is 0.388. The molecule has 1 N–H and O–H groups in total. The van der Waals surface area contributed by atoms with Crippen LogP contribution in [0.4, 0.5) is 22.0 Å². The molecule has 1 unspecified atom stereocenters. The van der Waals surface area contributed by atoms with E-state index in [0.29, 0.717) is 19.4 Å². The molecule has 1 aliphatic carbocycles. The fraction of sp³-hybridized carbons (Fsp3) is 0.750. The molecule has 0 bridgehead atoms. The van der Waals surface area contributed by atoms with Gasteiger partial charge in [-0.3, -0.25) is 0 Å². The maximum atomic E-state index is 13.5. The van der Waals surface area contributed by atoms with E-state index >= 15 is 0 Å². The van der Waals surface area contributed by atoms with Gasteiger partial charge in [0.2, 0.25) is 0 Å². The van der Waals surface area contributed by atoms with Crippen LogP contribution in [0.1, 0.15) is 48.5 Å². The molecular weight excluding hydrogens is 299 g/mol. The Labute approximate surface area is 116 Å². The summed E-state index contributed by atoms with van der Waals surface area (Å²) in [4.78, 5) is 0. The number of rotatable bonds is 1. The Morgan fingerprint density at radius 1 is 1.33 bits per heavy atom. The van der Waals surface area contributed by atoms with Crippen molar-refractivity contribution >= 4 is 0 Å². The summed E-state index contributed by atoms with van der Waals surface area (Å²) in [5, 5.41) is 13.1. The first-order valence-corrected chi connectivity index (χ1v) is 6.58. The molecule has 1 aromatic rings. The molecule has 1 aromatic heterocycles. The standard InChI is InChI=1S/C12H13F5N2O2/c13-11(14)4-3-6-8(10(11)20)9(12(15,16)17)18-19(6)7-2-1-5-21-7/h7,10,20H,1-5H2/t7?,10-/m0/s1. The van der Waals surface area contributed by atoms with E-state index in [-0.39, 0.29) is 12.1 Å². The molecule has 9 heteroatoms. The smallest absolute Gasteiger partial charge is 0.382 e. The minimum atomic E-state index is -4.90. The third-order valence-electron chi connectivity index (χ3n) is 3.87. The third kappa shape index (κ3) is 2.32. The van der Waals surface area contributed by atoms with Gasteiger partial charge in [-0.2, -0.15) is 18.3 Å². The first kappa shape index (κ1) is 14.7. The van der Waals surface area contributed by atoms with Crippen LogP contribution in [-0.4, -0.2) is 27.4 Å². The van der Waals surface area contributed by atoms with E-state index < -0.39 is 42.1 Å². The molecule has 1 fully saturated rings. The third-order valence-corrected chi connectivity index (χ3v) is 3.87. The number of ether oxygens (including phenoxy) is 1. The minimum Gasteiger partial charge on any atom is -0.382 e. The monoisotopic (exact) mass is 312 g/mol. The Morgan fingerprint density at radius 3 is 2.62 bits per heavy atom. The molecule has 2 heterocycles. The van der Waals surface area contributed by atoms with Crippen molar-refractivity contribution in [1.29, 1.82) is 0 Å². The molecule has 1 saturated heterocycles. The number of hydrogen-bond donors (Lipinski definition) is 1. The fourth-order valence-corrected chi connectivity index (χ4v) is 2.85. The summed E-state index contributed by atoms with van der Waals surface area (Å²) in [6, 6.07) is 0. The van der Waals surface area contributed by atoms with E-state index in [1.54, 1.807) is 0 Å². The highest BCUT2D eigenvalue weighted by molar-refractivity contribution is 5.35. The minimum absolute atomic E-state index is 0.00681. The molecule has 2 aliphatic rings. The van der Waals surface area contributed by atoms with Gasteiger partial charge >= 0.3 is 6.18 Å². The molecule has 0 amide bonds. The Balaban J connectivity index is 2.14. The second-order valence-electron chi connectivity index (χ2n) is 5.28. The van der Waals surface area contributed by atoms with Crippen molar-refractivity contribution in [2.45, 2.75) is 50.1 Å². The molecule has 3 rings (SSSR count). The van der Waals surface area contributed by atoms with Crippen LogP contribution in [0, 0.1) is 0 Å². The summed E-state index contributed by atoms with van der Waals surface area (Å²) in [5.74, 6) is -3.59. The number of aliphatic hydroxyl groups excluding tert-OH is 1. The van der Waals surface area contributed by atoms with Crippen molar-refractivity contribution in [2.75, 3.05) is 6.61 Å². The quantitative estimate of drug-likeness (QED) is 0.811. The van der Waals surface area contributed by atoms with Crippen LogP contribution in [0.15, 0.2) is 0 Å². The maximum absolute atomic E-state index is 13.5. The predicted octanol–water partition coefficient (Wildman–Crippen LogP) is 2.83. The maximum Gasteiger partial charge on any atom is 0.435 e. The van der Waals surface area contributed by atoms with Gasteiger partial charge in [0.05, 0.1) is 0 Å². The number of aromatic nitrogens is 2. The van der Waals surface area contributed by atoms with E-state index in [1.165, 1.54) is 0 Å². The zero-order valence-corrected chi connectivity index (χ0v) is 10.8. The van der Waals surface area contributed by atoms with Crippen LogP contribution in [0.25, 0.3) is 0 Å². The van der Waals surface area contributed by atoms with Crippen LogP contribution >= 0.6 is 0 Å². The highest BCUT2D eigenvalue weighted by Crippen LogP contribution is 2.47. The zero-order valence-electron chi connectivity index (χ0n) is 10.8. The van der Waals surface area contributed by atoms with Gasteiger partial charge in [0.25, 0.3) is 5.92 Å². The molecule has 118 valence electrons. The van der Waals surface area contributed by atoms with Gasteiger partial charge in [-0.25, -0.2) is 13.5 Å². The SMILES string of the molecule is O[C@H]1c2c(C(F)(F)F)nn(C3CCCO3)c2CCC1(F)F. The van der Waals surface area contributed by atoms with Crippen molar-refractivity contribution < 1.29 is 31.8 Å². The number of fused-ring (bicyclic) bond motifs is 1. The first-order chi connectivity index (χ1) is 9.72. The molecule has 0 radical (unpaired) electrons. The van der Waals surface area contributed by atoms with Crippen molar-refractivity contribution in [1.82, 2.24) is 9.78 Å². The lowest BCUT2D eigenvalue weighted by atomic mass is 9.89. The summed E-state index contributed by atoms with van der Waals surface area (Å²) in [5.41, 5.74) is -2.26. The van der Waals surface area contributed by atoms with E-state index in [1.807, 2.05) is 0 Å². The van der Waals surface area contributed by atoms with E-state index in [9.17, 15) is 27.1 Å². The highest BCUT2D eigenvalue weighted by Gasteiger charge is 2.51. The normalized spacial score (nSPS) is 28.7. The second-order valence-corrected chi connectivity index (χ2v) is 5.28. The van der Waals surface area contributed by atoms with Crippen LogP contribution in [0.3, 0.4) is 0 Å². The van der Waals surface area contributed by atoms with Crippen molar-refractivity contribution in [2.24, 2.45) is 0 Å². The topological polar surface area (TPSA) is 47.3 Å². The zero-order chi connectivity index (χ0) is 15.4. The molecule has 2 atom stereocenters. The number of alkyl halides is 5. The summed E-state index contributed by atoms with van der Waals surface area (Å²) < 4.78 is 72.5. The Bertz CT molecular complexity index is 549. The van der Waals surface area contributed by atoms with Gasteiger partial charge in [0.1, 0.15) is 6.10 Å². The summed E-state index contributed by atoms with van der Waals surface area (Å²) in [6.07, 6.45) is -7.93. The van der Waals surface area contributed by atoms with Crippen molar-refractivity contribution in [3.8, 4) is 0 Å². The van der Waals surface area contributed by atoms with Gasteiger partial charge < -0.3 is 9.84 Å². The predicted molar refractivity (Wildman–Crippen MR) is 59.7 cm³/mol. The molecular formula is C12H13F5N2O2. The first-order valence-electron chi connectivity index (χ1n) is 6.58. The number of nitrogens with zero attached hydrogens (tertiary/aromatic N) is 2. The highest BCUT2D eigenvalue weighted by atomic mass is 19.4. The molecule has 1 aliphatic heterocycles. The lowest BCUT2D eigenvalue weighted by Crippen LogP contribution is -2.33. The average Bonchev–Trinajstić information content (AvgIpc) is 2.99. The van der Waals surface area contributed by atoms with Gasteiger partial charge in [-0.1, -0.05) is 0 Å². The number of halogens is 5. The number of aliphatic hydroxyl groups is 1. The summed E-state index contributed by atoms with van der Waals surface area (Å²) in [7, 11) is 0. The number of hydrogen-bond acceptors (Lipinski definition) is 3. The molecule has 0 aromatic carbocycles. The van der Waals surface area contributed by atoms with Crippen molar-refractivity contribution in [3.63, 3.8) is 0 Å². The lowest BCUT2D eigenvalue weighted by molar-refractivity contribution is -0.150. The Kier molecular flexibility index (Phi) is 3.25. The summed E-state index contributed by atoms with van der Waals surface area (Å²) >= 11 is 0. The van der Waals surface area contributed by atoms with Crippen molar-refractivity contribution in [3.05, 3.63) is 17.0 Å². The van der Waals surface area contributed by atoms with Gasteiger partial charge in [-0.05, 0) is 19.3 Å². The largest absolute Gasteiger partial charge is 0.435 e. The second kappa shape index (κ2) is 4.64. The molecule has 0 saturated carbocycles. The van der Waals surface area contributed by atoms with Crippen LogP contribution in [0.5, 0.6) is 0 Å². The van der Waals surface area contributed by atoms with E-state index in [4.69, 9.17) is 4.74 Å². The van der Waals surface area contributed by atoms with Gasteiger partial charge in [-0.15, -0.1) is 0 Å². The van der Waals surface area contributed by atoms with Gasteiger partial charge in [0.15, 0.2) is 11.9 Å². The molecule has 0 spiro atoms. The van der Waals surface area contributed by atoms with E-state index in [0.717, 1.165) is 4.68 Å². The van der Waals surface area contributed by atoms with Crippen LogP contribution < -0.4 is 0 Å². The van der Waals surface area contributed by atoms with Crippen LogP contribution in [-0.2, 0) is 17.3 Å². The Morgan fingerprint density at radius 2 is 2.05 bits per heavy atom. The fourth-order valence-electron chi connectivity index (χ4n) is 2.85. The average molecular weight is 312 g/mol. The molecule has 21 heavy (non-hydrogen) atoms. The Hall–Kier alpha value is -1.22. The molecule has 4 nitrogen and oxygen atoms in total.